The van der Waals surface area contributed by atoms with Crippen LogP contribution in [0.5, 0.6) is 0 Å². The van der Waals surface area contributed by atoms with Gasteiger partial charge in [-0.2, -0.15) is 0 Å². The molecule has 0 N–H and O–H groups in total. The van der Waals surface area contributed by atoms with E-state index in [1.807, 2.05) is 0 Å². The maximum absolute atomic E-state index is 2.80. The summed E-state index contributed by atoms with van der Waals surface area (Å²) in [6, 6.07) is 47.0. The van der Waals surface area contributed by atoms with Crippen molar-refractivity contribution in [1.82, 2.24) is 0 Å². The maximum Gasteiger partial charge on any atom is 0.248 e. The second-order valence-corrected chi connectivity index (χ2v) is 20.9. The van der Waals surface area contributed by atoms with E-state index in [0.717, 1.165) is 0 Å². The van der Waals surface area contributed by atoms with Crippen LogP contribution >= 0.6 is 0 Å². The SMILES string of the molecule is Cc1ccc2c3c1C(C)(C)c1cccc4c1B3c1c3c5c(c(N(c6ccccc6)c6ccccc6)c1C4(C)C)C(C)(C)c1cccc4c1B5c1c(ccc(C)c1C4(C)C)N23. The molecule has 0 aliphatic carbocycles. The number of fused-ring (bicyclic) bond motifs is 2. The fraction of sp³-hybridized carbons (Fsp3) is 0.250. The molecule has 0 atom stereocenters. The lowest BCUT2D eigenvalue weighted by molar-refractivity contribution is 0.606. The zero-order chi connectivity index (χ0) is 41.2. The van der Waals surface area contributed by atoms with Gasteiger partial charge in [0.2, 0.25) is 13.4 Å². The van der Waals surface area contributed by atoms with E-state index in [0.29, 0.717) is 0 Å². The zero-order valence-electron chi connectivity index (χ0n) is 36.6. The Morgan fingerprint density at radius 2 is 0.750 bits per heavy atom. The molecule has 0 bridgehead atoms. The van der Waals surface area contributed by atoms with E-state index in [1.165, 1.54) is 112 Å². The number of aryl methyl sites for hydroxylation is 2. The van der Waals surface area contributed by atoms with Gasteiger partial charge in [-0.3, -0.25) is 0 Å². The van der Waals surface area contributed by atoms with Crippen LogP contribution < -0.4 is 42.6 Å². The molecule has 4 heteroatoms. The quantitative estimate of drug-likeness (QED) is 0.165. The molecule has 0 fully saturated rings. The Bertz CT molecular complexity index is 2930. The predicted molar refractivity (Wildman–Crippen MR) is 256 cm³/mol. The van der Waals surface area contributed by atoms with Crippen molar-refractivity contribution in [3.8, 4) is 0 Å². The molecule has 7 aromatic rings. The van der Waals surface area contributed by atoms with Crippen molar-refractivity contribution in [2.24, 2.45) is 0 Å². The lowest BCUT2D eigenvalue weighted by Crippen LogP contribution is -2.75. The van der Waals surface area contributed by atoms with Gasteiger partial charge in [0, 0.05) is 50.1 Å². The van der Waals surface area contributed by atoms with E-state index in [4.69, 9.17) is 0 Å². The van der Waals surface area contributed by atoms with Crippen LogP contribution in [0.1, 0.15) is 111 Å². The lowest BCUT2D eigenvalue weighted by atomic mass is 9.21. The van der Waals surface area contributed by atoms with Crippen molar-refractivity contribution >= 4 is 80.3 Å². The van der Waals surface area contributed by atoms with Gasteiger partial charge >= 0.3 is 0 Å². The summed E-state index contributed by atoms with van der Waals surface area (Å²) in [6.45, 7) is 25.1. The summed E-state index contributed by atoms with van der Waals surface area (Å²) < 4.78 is 0. The fourth-order valence-electron chi connectivity index (χ4n) is 14.4. The third-order valence-electron chi connectivity index (χ3n) is 16.5. The van der Waals surface area contributed by atoms with Crippen molar-refractivity contribution < 1.29 is 0 Å². The predicted octanol–water partition coefficient (Wildman–Crippen LogP) is 9.46. The van der Waals surface area contributed by atoms with Crippen LogP contribution in [0.3, 0.4) is 0 Å². The maximum atomic E-state index is 2.80. The highest BCUT2D eigenvalue weighted by molar-refractivity contribution is 7.04. The van der Waals surface area contributed by atoms with Crippen LogP contribution in [0.15, 0.2) is 121 Å². The molecule has 0 spiro atoms. The first-order valence-corrected chi connectivity index (χ1v) is 22.2. The van der Waals surface area contributed by atoms with Crippen molar-refractivity contribution in [2.45, 2.75) is 90.9 Å². The van der Waals surface area contributed by atoms with E-state index in [2.05, 4.69) is 200 Å². The largest absolute Gasteiger partial charge is 0.312 e. The fourth-order valence-corrected chi connectivity index (χ4v) is 14.4. The number of anilines is 6. The van der Waals surface area contributed by atoms with E-state index in [9.17, 15) is 0 Å². The number of hydrogen-bond acceptors (Lipinski definition) is 2. The van der Waals surface area contributed by atoms with E-state index < -0.39 is 0 Å². The number of para-hydroxylation sites is 2. The van der Waals surface area contributed by atoms with Gasteiger partial charge in [-0.25, -0.2) is 0 Å². The normalized spacial score (nSPS) is 18.3. The van der Waals surface area contributed by atoms with Crippen LogP contribution in [0.4, 0.5) is 34.1 Å². The highest BCUT2D eigenvalue weighted by Gasteiger charge is 2.61. The summed E-state index contributed by atoms with van der Waals surface area (Å²) >= 11 is 0. The molecule has 0 aromatic heterocycles. The summed E-state index contributed by atoms with van der Waals surface area (Å²) in [7, 11) is 0. The Labute approximate surface area is 356 Å². The Hall–Kier alpha value is -5.73. The van der Waals surface area contributed by atoms with Gasteiger partial charge in [0.25, 0.3) is 0 Å². The van der Waals surface area contributed by atoms with Gasteiger partial charge in [-0.1, -0.05) is 151 Å². The molecule has 0 saturated carbocycles. The molecular weight excluding hydrogens is 722 g/mol. The molecule has 6 heterocycles. The topological polar surface area (TPSA) is 6.48 Å². The third kappa shape index (κ3) is 3.72. The monoisotopic (exact) mass is 772 g/mol. The summed E-state index contributed by atoms with van der Waals surface area (Å²) in [5.41, 5.74) is 30.8. The second-order valence-electron chi connectivity index (χ2n) is 20.9. The average molecular weight is 773 g/mol. The first-order valence-electron chi connectivity index (χ1n) is 22.2. The molecule has 290 valence electrons. The first kappa shape index (κ1) is 35.1. The molecule has 6 aliphatic rings. The minimum absolute atomic E-state index is 0.118. The number of rotatable bonds is 3. The van der Waals surface area contributed by atoms with Gasteiger partial charge in [-0.15, -0.1) is 0 Å². The van der Waals surface area contributed by atoms with Gasteiger partial charge in [0.1, 0.15) is 0 Å². The molecule has 7 aromatic carbocycles. The summed E-state index contributed by atoms with van der Waals surface area (Å²) in [5, 5.41) is 0. The highest BCUT2D eigenvalue weighted by Crippen LogP contribution is 2.58. The van der Waals surface area contributed by atoms with E-state index in [-0.39, 0.29) is 35.1 Å². The van der Waals surface area contributed by atoms with Gasteiger partial charge in [-0.05, 0) is 128 Å². The van der Waals surface area contributed by atoms with Crippen molar-refractivity contribution in [3.05, 3.63) is 177 Å². The van der Waals surface area contributed by atoms with Gasteiger partial charge in [0.05, 0.1) is 5.69 Å². The third-order valence-corrected chi connectivity index (χ3v) is 16.5. The second kappa shape index (κ2) is 10.8. The summed E-state index contributed by atoms with van der Waals surface area (Å²) in [5.74, 6) is 0. The molecule has 0 unspecified atom stereocenters. The Balaban J connectivity index is 1.33. The van der Waals surface area contributed by atoms with E-state index in [1.54, 1.807) is 10.9 Å². The smallest absolute Gasteiger partial charge is 0.248 e. The standard InChI is InChI=1S/C56H50B2N2/c1-31-27-29-39-47-41(31)53(3,4)35-23-17-25-37-45(35)57(47)49-43(55(37,7)8)51(59(33-19-13-11-14-20-33)34-21-15-12-16-22-34)44-50-52(49)60(39)40-30-28-32(2)42-48(40)58(50)46-36(54(42,5)6)24-18-26-38(46)56(44,9)10/h11-30H,1-10H3. The number of benzene rings is 7. The first-order chi connectivity index (χ1) is 28.7. The average Bonchev–Trinajstić information content (AvgIpc) is 3.22. The van der Waals surface area contributed by atoms with Crippen LogP contribution in [-0.2, 0) is 21.7 Å². The van der Waals surface area contributed by atoms with Crippen LogP contribution in [0.2, 0.25) is 0 Å². The van der Waals surface area contributed by atoms with E-state index >= 15 is 0 Å². The van der Waals surface area contributed by atoms with Gasteiger partial charge < -0.3 is 9.80 Å². The lowest BCUT2D eigenvalue weighted by Gasteiger charge is -2.58. The molecule has 13 rings (SSSR count). The Kier molecular flexibility index (Phi) is 6.29. The molecule has 2 nitrogen and oxygen atoms in total. The van der Waals surface area contributed by atoms with Crippen molar-refractivity contribution in [2.75, 3.05) is 9.80 Å². The minimum Gasteiger partial charge on any atom is -0.312 e. The highest BCUT2D eigenvalue weighted by atomic mass is 15.2. The minimum atomic E-state index is -0.327. The molecule has 0 radical (unpaired) electrons. The summed E-state index contributed by atoms with van der Waals surface area (Å²) in [6.07, 6.45) is 0. The Morgan fingerprint density at radius 1 is 0.383 bits per heavy atom. The molecule has 6 aliphatic heterocycles. The summed E-state index contributed by atoms with van der Waals surface area (Å²) in [4.78, 5) is 5.47. The zero-order valence-corrected chi connectivity index (χ0v) is 36.6. The molecule has 0 saturated heterocycles. The number of hydrogen-bond donors (Lipinski definition) is 0. The van der Waals surface area contributed by atoms with Crippen molar-refractivity contribution in [1.29, 1.82) is 0 Å². The van der Waals surface area contributed by atoms with Gasteiger partial charge in [0.15, 0.2) is 0 Å². The number of nitrogens with zero attached hydrogens (tertiary/aromatic N) is 2. The molecule has 60 heavy (non-hydrogen) atoms. The van der Waals surface area contributed by atoms with Crippen LogP contribution in [0, 0.1) is 13.8 Å². The van der Waals surface area contributed by atoms with Crippen LogP contribution in [0.25, 0.3) is 0 Å². The van der Waals surface area contributed by atoms with Crippen LogP contribution in [-0.4, -0.2) is 13.4 Å². The van der Waals surface area contributed by atoms with Crippen molar-refractivity contribution in [3.63, 3.8) is 0 Å². The molecular formula is C56H50B2N2. The molecule has 0 amide bonds. The Morgan fingerprint density at radius 3 is 1.13 bits per heavy atom.